The molecule has 0 unspecified atom stereocenters. The fourth-order valence-electron chi connectivity index (χ4n) is 3.03. The van der Waals surface area contributed by atoms with E-state index in [1.165, 1.54) is 30.3 Å². The van der Waals surface area contributed by atoms with Crippen molar-refractivity contribution in [2.45, 2.75) is 18.4 Å². The maximum absolute atomic E-state index is 12.7. The van der Waals surface area contributed by atoms with E-state index in [2.05, 4.69) is 4.72 Å². The van der Waals surface area contributed by atoms with Gasteiger partial charge in [0.1, 0.15) is 5.02 Å². The van der Waals surface area contributed by atoms with E-state index in [1.54, 1.807) is 11.9 Å². The van der Waals surface area contributed by atoms with E-state index in [0.717, 1.165) is 23.3 Å². The lowest BCUT2D eigenvalue weighted by Gasteiger charge is -2.19. The molecule has 32 heavy (non-hydrogen) atoms. The molecular formula is C22H20ClN3O5S. The number of hydrogen-bond acceptors (Lipinski definition) is 5. The monoisotopic (exact) mass is 473 g/mol. The third kappa shape index (κ3) is 5.24. The molecule has 166 valence electrons. The quantitative estimate of drug-likeness (QED) is 0.397. The van der Waals surface area contributed by atoms with Gasteiger partial charge in [0.15, 0.2) is 0 Å². The highest BCUT2D eigenvalue weighted by Crippen LogP contribution is 2.28. The number of anilines is 1. The largest absolute Gasteiger partial charge is 0.337 e. The van der Waals surface area contributed by atoms with E-state index in [9.17, 15) is 23.3 Å². The van der Waals surface area contributed by atoms with Crippen LogP contribution in [0.1, 0.15) is 21.5 Å². The Morgan fingerprint density at radius 3 is 2.38 bits per heavy atom. The van der Waals surface area contributed by atoms with Crippen molar-refractivity contribution in [3.05, 3.63) is 98.6 Å². The molecule has 1 amide bonds. The van der Waals surface area contributed by atoms with E-state index >= 15 is 0 Å². The summed E-state index contributed by atoms with van der Waals surface area (Å²) in [6, 6.07) is 16.9. The number of aryl methyl sites for hydroxylation is 1. The first-order valence-electron chi connectivity index (χ1n) is 9.45. The summed E-state index contributed by atoms with van der Waals surface area (Å²) in [6.07, 6.45) is 0. The van der Waals surface area contributed by atoms with E-state index in [0.29, 0.717) is 12.1 Å². The Bertz CT molecular complexity index is 1280. The lowest BCUT2D eigenvalue weighted by Crippen LogP contribution is -2.26. The third-order valence-electron chi connectivity index (χ3n) is 4.82. The molecule has 0 aliphatic rings. The normalized spacial score (nSPS) is 11.1. The van der Waals surface area contributed by atoms with E-state index < -0.39 is 20.6 Å². The molecule has 0 saturated carbocycles. The van der Waals surface area contributed by atoms with Crippen molar-refractivity contribution in [3.8, 4) is 0 Å². The SMILES string of the molecule is Cc1ccccc1CN(C)C(=O)c1ccc(NS(=O)(=O)c2ccc(Cl)c([N+](=O)[O-])c2)cc1. The van der Waals surface area contributed by atoms with E-state index in [-0.39, 0.29) is 21.5 Å². The van der Waals surface area contributed by atoms with Crippen LogP contribution < -0.4 is 4.72 Å². The first-order valence-corrected chi connectivity index (χ1v) is 11.3. The molecule has 10 heteroatoms. The number of carbonyl (C=O) groups excluding carboxylic acids is 1. The van der Waals surface area contributed by atoms with Gasteiger partial charge in [0, 0.05) is 30.9 Å². The minimum Gasteiger partial charge on any atom is -0.337 e. The second kappa shape index (κ2) is 9.37. The molecule has 0 spiro atoms. The van der Waals surface area contributed by atoms with Gasteiger partial charge in [0.05, 0.1) is 9.82 Å². The molecule has 3 aromatic rings. The maximum atomic E-state index is 12.7. The molecule has 3 rings (SSSR count). The maximum Gasteiger partial charge on any atom is 0.289 e. The standard InChI is InChI=1S/C22H20ClN3O5S/c1-15-5-3-4-6-17(15)14-25(2)22(27)16-7-9-18(10-8-16)24-32(30,31)19-11-12-20(23)21(13-19)26(28)29/h3-13,24H,14H2,1-2H3. The number of nitrogens with zero attached hydrogens (tertiary/aromatic N) is 2. The number of nitrogens with one attached hydrogen (secondary N) is 1. The number of nitro groups is 1. The van der Waals surface area contributed by atoms with Crippen molar-refractivity contribution in [1.29, 1.82) is 0 Å². The van der Waals surface area contributed by atoms with Gasteiger partial charge in [-0.05, 0) is 54.4 Å². The molecule has 0 atom stereocenters. The number of rotatable bonds is 7. The van der Waals surface area contributed by atoms with Crippen LogP contribution in [0, 0.1) is 17.0 Å². The lowest BCUT2D eigenvalue weighted by molar-refractivity contribution is -0.384. The minimum atomic E-state index is -4.09. The zero-order valence-corrected chi connectivity index (χ0v) is 18.9. The Morgan fingerprint density at radius 2 is 1.75 bits per heavy atom. The Morgan fingerprint density at radius 1 is 1.09 bits per heavy atom. The molecule has 0 aliphatic heterocycles. The number of amides is 1. The molecule has 0 aromatic heterocycles. The summed E-state index contributed by atoms with van der Waals surface area (Å²) in [7, 11) is -2.40. The molecule has 0 bridgehead atoms. The van der Waals surface area contributed by atoms with E-state index in [1.807, 2.05) is 31.2 Å². The molecule has 0 heterocycles. The average molecular weight is 474 g/mol. The van der Waals surface area contributed by atoms with Crippen LogP contribution in [0.5, 0.6) is 0 Å². The van der Waals surface area contributed by atoms with Gasteiger partial charge in [-0.2, -0.15) is 0 Å². The van der Waals surface area contributed by atoms with Crippen molar-refractivity contribution in [3.63, 3.8) is 0 Å². The highest BCUT2D eigenvalue weighted by Gasteiger charge is 2.21. The molecule has 0 fully saturated rings. The van der Waals surface area contributed by atoms with Crippen LogP contribution in [0.2, 0.25) is 5.02 Å². The predicted octanol–water partition coefficient (Wildman–Crippen LogP) is 4.63. The van der Waals surface area contributed by atoms with Crippen LogP contribution in [0.25, 0.3) is 0 Å². The highest BCUT2D eigenvalue weighted by atomic mass is 35.5. The summed E-state index contributed by atoms with van der Waals surface area (Å²) in [6.45, 7) is 2.42. The Labute approximate surface area is 190 Å². The summed E-state index contributed by atoms with van der Waals surface area (Å²) in [5.41, 5.74) is 2.21. The highest BCUT2D eigenvalue weighted by molar-refractivity contribution is 7.92. The van der Waals surface area contributed by atoms with Crippen LogP contribution >= 0.6 is 11.6 Å². The van der Waals surface area contributed by atoms with Gasteiger partial charge in [0.25, 0.3) is 21.6 Å². The van der Waals surface area contributed by atoms with Crippen molar-refractivity contribution < 1.29 is 18.1 Å². The molecule has 0 radical (unpaired) electrons. The smallest absolute Gasteiger partial charge is 0.289 e. The Kier molecular flexibility index (Phi) is 6.81. The van der Waals surface area contributed by atoms with Crippen molar-refractivity contribution in [2.24, 2.45) is 0 Å². The summed E-state index contributed by atoms with van der Waals surface area (Å²) in [5, 5.41) is 10.9. The first-order chi connectivity index (χ1) is 15.1. The summed E-state index contributed by atoms with van der Waals surface area (Å²) < 4.78 is 27.5. The van der Waals surface area contributed by atoms with Gasteiger partial charge in [-0.25, -0.2) is 8.42 Å². The molecular weight excluding hydrogens is 454 g/mol. The van der Waals surface area contributed by atoms with Crippen LogP contribution in [0.15, 0.2) is 71.6 Å². The van der Waals surface area contributed by atoms with Crippen LogP contribution in [0.4, 0.5) is 11.4 Å². The lowest BCUT2D eigenvalue weighted by atomic mass is 10.1. The van der Waals surface area contributed by atoms with Crippen molar-refractivity contribution >= 4 is 38.9 Å². The summed E-state index contributed by atoms with van der Waals surface area (Å²) >= 11 is 5.74. The average Bonchev–Trinajstić information content (AvgIpc) is 2.75. The number of sulfonamides is 1. The number of benzene rings is 3. The molecule has 0 saturated heterocycles. The van der Waals surface area contributed by atoms with Crippen LogP contribution in [0.3, 0.4) is 0 Å². The van der Waals surface area contributed by atoms with Crippen LogP contribution in [-0.2, 0) is 16.6 Å². The first kappa shape index (κ1) is 23.2. The fourth-order valence-corrected chi connectivity index (χ4v) is 4.29. The summed E-state index contributed by atoms with van der Waals surface area (Å²) in [5.74, 6) is -0.212. The van der Waals surface area contributed by atoms with Gasteiger partial charge in [0.2, 0.25) is 0 Å². The van der Waals surface area contributed by atoms with Gasteiger partial charge >= 0.3 is 0 Å². The third-order valence-corrected chi connectivity index (χ3v) is 6.52. The molecule has 8 nitrogen and oxygen atoms in total. The van der Waals surface area contributed by atoms with E-state index in [4.69, 9.17) is 11.6 Å². The number of carbonyl (C=O) groups is 1. The second-order valence-corrected chi connectivity index (χ2v) is 9.23. The predicted molar refractivity (Wildman–Crippen MR) is 122 cm³/mol. The fraction of sp³-hybridized carbons (Fsp3) is 0.136. The summed E-state index contributed by atoms with van der Waals surface area (Å²) in [4.78, 5) is 24.3. The zero-order valence-electron chi connectivity index (χ0n) is 17.3. The van der Waals surface area contributed by atoms with Crippen molar-refractivity contribution in [2.75, 3.05) is 11.8 Å². The van der Waals surface area contributed by atoms with Crippen LogP contribution in [-0.4, -0.2) is 31.2 Å². The van der Waals surface area contributed by atoms with Crippen molar-refractivity contribution in [1.82, 2.24) is 4.90 Å². The van der Waals surface area contributed by atoms with Gasteiger partial charge in [-0.15, -0.1) is 0 Å². The molecule has 0 aliphatic carbocycles. The number of halogens is 1. The molecule has 3 aromatic carbocycles. The Balaban J connectivity index is 1.74. The molecule has 1 N–H and O–H groups in total. The van der Waals surface area contributed by atoms with Gasteiger partial charge < -0.3 is 4.90 Å². The Hall–Kier alpha value is -3.43. The number of hydrogen-bond donors (Lipinski definition) is 1. The zero-order chi connectivity index (χ0) is 23.5. The number of nitro benzene ring substituents is 1. The second-order valence-electron chi connectivity index (χ2n) is 7.14. The van der Waals surface area contributed by atoms with Gasteiger partial charge in [-0.1, -0.05) is 35.9 Å². The van der Waals surface area contributed by atoms with Gasteiger partial charge in [-0.3, -0.25) is 19.6 Å². The minimum absolute atomic E-state index is 0.161. The topological polar surface area (TPSA) is 110 Å².